The summed E-state index contributed by atoms with van der Waals surface area (Å²) in [6.45, 7) is 8.84. The van der Waals surface area contributed by atoms with Gasteiger partial charge in [0.25, 0.3) is 0 Å². The molecule has 2 heterocycles. The molecule has 2 aromatic rings. The minimum atomic E-state index is 0.166. The van der Waals surface area contributed by atoms with Crippen LogP contribution in [0.15, 0.2) is 28.7 Å². The molecule has 0 aliphatic carbocycles. The highest BCUT2D eigenvalue weighted by Gasteiger charge is 2.21. The summed E-state index contributed by atoms with van der Waals surface area (Å²) in [7, 11) is 0. The molecule has 2 rings (SSSR count). The lowest BCUT2D eigenvalue weighted by Crippen LogP contribution is -2.07. The van der Waals surface area contributed by atoms with Gasteiger partial charge in [-0.25, -0.2) is 0 Å². The normalized spacial score (nSPS) is 13.8. The fraction of sp³-hybridized carbons (Fsp3) is 0.467. The van der Waals surface area contributed by atoms with Crippen LogP contribution in [-0.2, 0) is 11.8 Å². The molecule has 0 aliphatic heterocycles. The van der Waals surface area contributed by atoms with Crippen LogP contribution in [-0.4, -0.2) is 0 Å². The molecule has 0 radical (unpaired) electrons. The molecule has 3 heteroatoms. The van der Waals surface area contributed by atoms with Crippen molar-refractivity contribution in [2.75, 3.05) is 0 Å². The van der Waals surface area contributed by atoms with E-state index in [4.69, 9.17) is 4.42 Å². The number of furan rings is 1. The van der Waals surface area contributed by atoms with Gasteiger partial charge in [-0.2, -0.15) is 0 Å². The minimum Gasteiger partial charge on any atom is -0.465 e. The summed E-state index contributed by atoms with van der Waals surface area (Å²) in [6.07, 6.45) is 0.942. The largest absolute Gasteiger partial charge is 0.465 e. The first-order valence-electron chi connectivity index (χ1n) is 6.24. The molecule has 0 saturated heterocycles. The van der Waals surface area contributed by atoms with Gasteiger partial charge in [-0.3, -0.25) is 0 Å². The number of hydrogen-bond donors (Lipinski definition) is 0. The van der Waals surface area contributed by atoms with E-state index in [0.717, 1.165) is 17.9 Å². The van der Waals surface area contributed by atoms with Crippen LogP contribution in [0.3, 0.4) is 0 Å². The van der Waals surface area contributed by atoms with Crippen LogP contribution >= 0.6 is 27.3 Å². The Morgan fingerprint density at radius 2 is 1.94 bits per heavy atom. The molecule has 0 saturated carbocycles. The first-order chi connectivity index (χ1) is 8.41. The van der Waals surface area contributed by atoms with Crippen LogP contribution in [0.25, 0.3) is 0 Å². The molecule has 0 bridgehead atoms. The van der Waals surface area contributed by atoms with Gasteiger partial charge in [-0.15, -0.1) is 11.3 Å². The van der Waals surface area contributed by atoms with Gasteiger partial charge in [-0.05, 0) is 29.7 Å². The van der Waals surface area contributed by atoms with Crippen LogP contribution in [0.4, 0.5) is 0 Å². The smallest absolute Gasteiger partial charge is 0.123 e. The predicted molar refractivity (Wildman–Crippen MR) is 81.9 cm³/mol. The molecule has 0 N–H and O–H groups in total. The topological polar surface area (TPSA) is 13.1 Å². The molecule has 18 heavy (non-hydrogen) atoms. The van der Waals surface area contributed by atoms with E-state index in [2.05, 4.69) is 67.9 Å². The van der Waals surface area contributed by atoms with E-state index in [1.807, 2.05) is 11.3 Å². The lowest BCUT2D eigenvalue weighted by molar-refractivity contribution is 0.478. The minimum absolute atomic E-state index is 0.166. The van der Waals surface area contributed by atoms with Gasteiger partial charge in [0.2, 0.25) is 0 Å². The van der Waals surface area contributed by atoms with Crippen LogP contribution < -0.4 is 0 Å². The highest BCUT2D eigenvalue weighted by atomic mass is 79.9. The second-order valence-corrected chi connectivity index (χ2v) is 7.50. The van der Waals surface area contributed by atoms with E-state index in [0.29, 0.717) is 0 Å². The Morgan fingerprint density at radius 1 is 1.22 bits per heavy atom. The van der Waals surface area contributed by atoms with Gasteiger partial charge in [0.05, 0.1) is 0 Å². The predicted octanol–water partition coefficient (Wildman–Crippen LogP) is 5.69. The number of thiophene rings is 1. The molecule has 0 fully saturated rings. The van der Waals surface area contributed by atoms with Crippen molar-refractivity contribution in [2.24, 2.45) is 0 Å². The molecule has 2 aromatic heterocycles. The Kier molecular flexibility index (Phi) is 4.02. The third-order valence-corrected chi connectivity index (χ3v) is 5.72. The molecule has 1 nitrogen and oxygen atoms in total. The van der Waals surface area contributed by atoms with E-state index in [-0.39, 0.29) is 10.2 Å². The maximum absolute atomic E-state index is 5.80. The molecule has 1 atom stereocenters. The summed E-state index contributed by atoms with van der Waals surface area (Å²) in [5.41, 5.74) is 0.216. The molecular formula is C15H19BrOS. The fourth-order valence-electron chi connectivity index (χ4n) is 1.75. The average Bonchev–Trinajstić information content (AvgIpc) is 2.96. The van der Waals surface area contributed by atoms with Crippen LogP contribution in [0, 0.1) is 0 Å². The summed E-state index contributed by atoms with van der Waals surface area (Å²) in [4.78, 5) is 2.88. The van der Waals surface area contributed by atoms with Crippen molar-refractivity contribution in [3.8, 4) is 0 Å². The van der Waals surface area contributed by atoms with Gasteiger partial charge >= 0.3 is 0 Å². The maximum Gasteiger partial charge on any atom is 0.123 e. The lowest BCUT2D eigenvalue weighted by Gasteiger charge is -2.15. The first kappa shape index (κ1) is 13.9. The molecule has 1 unspecified atom stereocenters. The zero-order valence-corrected chi connectivity index (χ0v) is 13.7. The summed E-state index contributed by atoms with van der Waals surface area (Å²) >= 11 is 5.59. The average molecular weight is 327 g/mol. The fourth-order valence-corrected chi connectivity index (χ4v) is 3.48. The Hall–Kier alpha value is -0.540. The Labute approximate surface area is 121 Å². The van der Waals surface area contributed by atoms with Gasteiger partial charge in [0.1, 0.15) is 16.3 Å². The van der Waals surface area contributed by atoms with Gasteiger partial charge in [-0.1, -0.05) is 43.6 Å². The van der Waals surface area contributed by atoms with Crippen molar-refractivity contribution >= 4 is 27.3 Å². The van der Waals surface area contributed by atoms with Crippen molar-refractivity contribution in [1.29, 1.82) is 0 Å². The van der Waals surface area contributed by atoms with Gasteiger partial charge in [0, 0.05) is 16.2 Å². The molecule has 0 spiro atoms. The number of hydrogen-bond acceptors (Lipinski definition) is 2. The highest BCUT2D eigenvalue weighted by molar-refractivity contribution is 9.09. The zero-order chi connectivity index (χ0) is 13.3. The number of rotatable bonds is 3. The molecule has 98 valence electrons. The van der Waals surface area contributed by atoms with Crippen molar-refractivity contribution in [2.45, 2.75) is 44.4 Å². The van der Waals surface area contributed by atoms with Gasteiger partial charge < -0.3 is 4.42 Å². The van der Waals surface area contributed by atoms with Crippen molar-refractivity contribution in [3.63, 3.8) is 0 Å². The van der Waals surface area contributed by atoms with Crippen LogP contribution in [0.1, 0.15) is 53.8 Å². The van der Waals surface area contributed by atoms with Gasteiger partial charge in [0.15, 0.2) is 0 Å². The van der Waals surface area contributed by atoms with E-state index in [9.17, 15) is 0 Å². The standard InChI is InChI=1S/C15H19BrOS/c1-5-10-6-7-11(17-10)14(16)12-8-9-13(18-12)15(2,3)4/h6-9,14H,5H2,1-4H3. The second kappa shape index (κ2) is 5.22. The monoisotopic (exact) mass is 326 g/mol. The SMILES string of the molecule is CCc1ccc(C(Br)c2ccc(C(C)(C)C)s2)o1. The van der Waals surface area contributed by atoms with E-state index in [1.165, 1.54) is 9.75 Å². The summed E-state index contributed by atoms with van der Waals surface area (Å²) in [6, 6.07) is 8.54. The second-order valence-electron chi connectivity index (χ2n) is 5.47. The summed E-state index contributed by atoms with van der Waals surface area (Å²) in [5, 5.41) is 0. The summed E-state index contributed by atoms with van der Waals surface area (Å²) in [5.74, 6) is 2.04. The number of halogens is 1. The Balaban J connectivity index is 2.23. The third kappa shape index (κ3) is 2.89. The van der Waals surface area contributed by atoms with E-state index < -0.39 is 0 Å². The number of aryl methyl sites for hydroxylation is 1. The molecule has 0 aliphatic rings. The zero-order valence-electron chi connectivity index (χ0n) is 11.3. The number of alkyl halides is 1. The third-order valence-electron chi connectivity index (χ3n) is 2.90. The van der Waals surface area contributed by atoms with E-state index >= 15 is 0 Å². The molecule has 0 amide bonds. The Morgan fingerprint density at radius 3 is 2.44 bits per heavy atom. The summed E-state index contributed by atoms with van der Waals surface area (Å²) < 4.78 is 5.80. The highest BCUT2D eigenvalue weighted by Crippen LogP contribution is 2.39. The molecule has 0 aromatic carbocycles. The van der Waals surface area contributed by atoms with Crippen molar-refractivity contribution in [3.05, 3.63) is 45.5 Å². The maximum atomic E-state index is 5.80. The quantitative estimate of drug-likeness (QED) is 0.661. The van der Waals surface area contributed by atoms with Crippen molar-refractivity contribution in [1.82, 2.24) is 0 Å². The first-order valence-corrected chi connectivity index (χ1v) is 7.98. The van der Waals surface area contributed by atoms with E-state index in [1.54, 1.807) is 0 Å². The Bertz CT molecular complexity index is 519. The van der Waals surface area contributed by atoms with Crippen LogP contribution in [0.2, 0.25) is 0 Å². The molecular weight excluding hydrogens is 308 g/mol. The van der Waals surface area contributed by atoms with Crippen molar-refractivity contribution < 1.29 is 4.42 Å². The lowest BCUT2D eigenvalue weighted by atomic mass is 9.95. The van der Waals surface area contributed by atoms with Crippen LogP contribution in [0.5, 0.6) is 0 Å².